The Morgan fingerprint density at radius 2 is 2.06 bits per heavy atom. The number of pyridine rings is 1. The Morgan fingerprint density at radius 3 is 2.72 bits per heavy atom. The lowest BCUT2D eigenvalue weighted by Gasteiger charge is -1.98. The maximum absolute atomic E-state index is 11.0. The first kappa shape index (κ1) is 12.0. The summed E-state index contributed by atoms with van der Waals surface area (Å²) in [5.74, 6) is -0.594. The number of thiazole rings is 1. The smallest absolute Gasteiger partial charge is 0.250 e. The highest BCUT2D eigenvalue weighted by molar-refractivity contribution is 7.13. The molecule has 2 aromatic heterocycles. The van der Waals surface area contributed by atoms with Gasteiger partial charge in [-0.05, 0) is 6.07 Å². The normalized spacial score (nSPS) is 10.0. The number of guanidine groups is 1. The number of aromatic nitrogens is 2. The number of amides is 1. The SMILES string of the molecule is NC(=O)c1cncc(-c2csc(N=C(N)N)n2)c1. The predicted molar refractivity (Wildman–Crippen MR) is 69.3 cm³/mol. The summed E-state index contributed by atoms with van der Waals surface area (Å²) in [4.78, 5) is 23.0. The molecule has 1 amide bonds. The molecule has 0 unspecified atom stereocenters. The van der Waals surface area contributed by atoms with Crippen molar-refractivity contribution in [1.82, 2.24) is 9.97 Å². The van der Waals surface area contributed by atoms with Crippen molar-refractivity contribution >= 4 is 28.3 Å². The maximum Gasteiger partial charge on any atom is 0.250 e. The highest BCUT2D eigenvalue weighted by atomic mass is 32.1. The molecule has 7 nitrogen and oxygen atoms in total. The Labute approximate surface area is 106 Å². The third kappa shape index (κ3) is 2.61. The zero-order valence-electron chi connectivity index (χ0n) is 9.20. The summed E-state index contributed by atoms with van der Waals surface area (Å²) in [5, 5.41) is 2.21. The standard InChI is InChI=1S/C10H10N6OS/c11-8(17)6-1-5(2-14-3-6)7-4-18-10(15-7)16-9(12)13/h1-4H,(H2,11,17)(H4,12,13,15,16). The fraction of sp³-hybridized carbons (Fsp3) is 0. The van der Waals surface area contributed by atoms with Gasteiger partial charge in [-0.25, -0.2) is 4.98 Å². The van der Waals surface area contributed by atoms with E-state index >= 15 is 0 Å². The van der Waals surface area contributed by atoms with Crippen LogP contribution in [-0.2, 0) is 0 Å². The van der Waals surface area contributed by atoms with Crippen molar-refractivity contribution in [2.45, 2.75) is 0 Å². The van der Waals surface area contributed by atoms with Crippen molar-refractivity contribution in [2.24, 2.45) is 22.2 Å². The zero-order chi connectivity index (χ0) is 13.1. The summed E-state index contributed by atoms with van der Waals surface area (Å²) in [7, 11) is 0. The molecule has 0 aliphatic carbocycles. The number of primary amides is 1. The first-order valence-corrected chi connectivity index (χ1v) is 5.74. The minimum Gasteiger partial charge on any atom is -0.370 e. The van der Waals surface area contributed by atoms with Crippen LogP contribution in [0.5, 0.6) is 0 Å². The molecule has 92 valence electrons. The Kier molecular flexibility index (Phi) is 3.20. The Bertz CT molecular complexity index is 616. The van der Waals surface area contributed by atoms with Crippen LogP contribution in [0.1, 0.15) is 10.4 Å². The molecule has 0 aromatic carbocycles. The molecule has 0 saturated heterocycles. The van der Waals surface area contributed by atoms with Gasteiger partial charge >= 0.3 is 0 Å². The van der Waals surface area contributed by atoms with Crippen LogP contribution in [0.3, 0.4) is 0 Å². The van der Waals surface area contributed by atoms with Crippen molar-refractivity contribution in [2.75, 3.05) is 0 Å². The maximum atomic E-state index is 11.0. The number of nitrogens with two attached hydrogens (primary N) is 3. The number of hydrogen-bond acceptors (Lipinski definition) is 5. The third-order valence-corrected chi connectivity index (χ3v) is 2.77. The predicted octanol–water partition coefficient (Wildman–Crippen LogP) is 0.209. The quantitative estimate of drug-likeness (QED) is 0.537. The first-order valence-electron chi connectivity index (χ1n) is 4.86. The van der Waals surface area contributed by atoms with E-state index < -0.39 is 5.91 Å². The van der Waals surface area contributed by atoms with Crippen molar-refractivity contribution < 1.29 is 4.79 Å². The number of aliphatic imine (C=N–C) groups is 1. The third-order valence-electron chi connectivity index (χ3n) is 2.04. The van der Waals surface area contributed by atoms with Gasteiger partial charge in [-0.2, -0.15) is 4.99 Å². The molecule has 0 atom stereocenters. The van der Waals surface area contributed by atoms with Crippen molar-refractivity contribution in [3.05, 3.63) is 29.4 Å². The van der Waals surface area contributed by atoms with Crippen LogP contribution in [0.25, 0.3) is 11.3 Å². The Hall–Kier alpha value is -2.48. The van der Waals surface area contributed by atoms with E-state index in [4.69, 9.17) is 17.2 Å². The molecule has 0 saturated carbocycles. The second-order valence-electron chi connectivity index (χ2n) is 3.38. The summed E-state index contributed by atoms with van der Waals surface area (Å²) in [6.07, 6.45) is 2.98. The summed E-state index contributed by atoms with van der Waals surface area (Å²) < 4.78 is 0. The van der Waals surface area contributed by atoms with Crippen LogP contribution in [0.15, 0.2) is 28.8 Å². The van der Waals surface area contributed by atoms with Gasteiger partial charge in [0.05, 0.1) is 11.3 Å². The van der Waals surface area contributed by atoms with E-state index in [-0.39, 0.29) is 5.96 Å². The van der Waals surface area contributed by atoms with E-state index in [0.29, 0.717) is 22.0 Å². The highest BCUT2D eigenvalue weighted by Gasteiger charge is 2.07. The van der Waals surface area contributed by atoms with E-state index in [1.54, 1.807) is 17.6 Å². The number of carbonyl (C=O) groups excluding carboxylic acids is 1. The minimum atomic E-state index is -0.538. The Balaban J connectivity index is 2.37. The number of nitrogens with zero attached hydrogens (tertiary/aromatic N) is 3. The van der Waals surface area contributed by atoms with Crippen molar-refractivity contribution in [3.8, 4) is 11.3 Å². The molecule has 2 rings (SSSR count). The molecule has 2 heterocycles. The van der Waals surface area contributed by atoms with Crippen molar-refractivity contribution in [3.63, 3.8) is 0 Å². The lowest BCUT2D eigenvalue weighted by Crippen LogP contribution is -2.21. The van der Waals surface area contributed by atoms with E-state index in [1.165, 1.54) is 17.5 Å². The largest absolute Gasteiger partial charge is 0.370 e. The number of carbonyl (C=O) groups is 1. The fourth-order valence-electron chi connectivity index (χ4n) is 1.27. The number of hydrogen-bond donors (Lipinski definition) is 3. The first-order chi connectivity index (χ1) is 8.56. The second-order valence-corrected chi connectivity index (χ2v) is 4.22. The van der Waals surface area contributed by atoms with Gasteiger partial charge in [0.25, 0.3) is 0 Å². The summed E-state index contributed by atoms with van der Waals surface area (Å²) in [5.41, 5.74) is 17.3. The van der Waals surface area contributed by atoms with Crippen molar-refractivity contribution in [1.29, 1.82) is 0 Å². The topological polar surface area (TPSA) is 133 Å². The Morgan fingerprint density at radius 1 is 1.28 bits per heavy atom. The van der Waals surface area contributed by atoms with E-state index in [9.17, 15) is 4.79 Å². The molecule has 8 heteroatoms. The van der Waals surface area contributed by atoms with Crippen LogP contribution in [0, 0.1) is 0 Å². The van der Waals surface area contributed by atoms with Gasteiger partial charge in [-0.15, -0.1) is 11.3 Å². The average molecular weight is 262 g/mol. The van der Waals surface area contributed by atoms with Crippen LogP contribution >= 0.6 is 11.3 Å². The minimum absolute atomic E-state index is 0.0556. The lowest BCUT2D eigenvalue weighted by molar-refractivity contribution is 0.1000. The summed E-state index contributed by atoms with van der Waals surface area (Å²) in [6, 6.07) is 1.61. The monoisotopic (exact) mass is 262 g/mol. The summed E-state index contributed by atoms with van der Waals surface area (Å²) in [6.45, 7) is 0. The zero-order valence-corrected chi connectivity index (χ0v) is 10.0. The van der Waals surface area contributed by atoms with Gasteiger partial charge in [0.15, 0.2) is 5.96 Å². The van der Waals surface area contributed by atoms with Crippen LogP contribution in [0.2, 0.25) is 0 Å². The average Bonchev–Trinajstić information content (AvgIpc) is 2.77. The highest BCUT2D eigenvalue weighted by Crippen LogP contribution is 2.26. The van der Waals surface area contributed by atoms with Crippen LogP contribution < -0.4 is 17.2 Å². The second kappa shape index (κ2) is 4.80. The van der Waals surface area contributed by atoms with Gasteiger partial charge < -0.3 is 17.2 Å². The lowest BCUT2D eigenvalue weighted by atomic mass is 10.1. The molecule has 0 bridgehead atoms. The molecule has 0 fully saturated rings. The number of rotatable bonds is 3. The molecular weight excluding hydrogens is 252 g/mol. The van der Waals surface area contributed by atoms with Gasteiger partial charge in [0, 0.05) is 23.3 Å². The molecule has 6 N–H and O–H groups in total. The van der Waals surface area contributed by atoms with Crippen LogP contribution in [0.4, 0.5) is 5.13 Å². The molecular formula is C10H10N6OS. The van der Waals surface area contributed by atoms with Gasteiger partial charge in [-0.1, -0.05) is 0 Å². The molecule has 2 aromatic rings. The molecule has 0 aliphatic heterocycles. The van der Waals surface area contributed by atoms with Gasteiger partial charge in [0.1, 0.15) is 0 Å². The fourth-order valence-corrected chi connectivity index (χ4v) is 1.99. The van der Waals surface area contributed by atoms with Gasteiger partial charge in [0.2, 0.25) is 11.0 Å². The van der Waals surface area contributed by atoms with Crippen LogP contribution in [-0.4, -0.2) is 21.8 Å². The van der Waals surface area contributed by atoms with E-state index in [0.717, 1.165) is 0 Å². The van der Waals surface area contributed by atoms with Gasteiger partial charge in [-0.3, -0.25) is 9.78 Å². The molecule has 18 heavy (non-hydrogen) atoms. The van der Waals surface area contributed by atoms with E-state index in [1.807, 2.05) is 0 Å². The van der Waals surface area contributed by atoms with E-state index in [2.05, 4.69) is 15.0 Å². The molecule has 0 radical (unpaired) electrons. The molecule has 0 spiro atoms. The molecule has 0 aliphatic rings. The summed E-state index contributed by atoms with van der Waals surface area (Å²) >= 11 is 1.28.